The lowest BCUT2D eigenvalue weighted by molar-refractivity contribution is -0.455. The summed E-state index contributed by atoms with van der Waals surface area (Å²) in [6, 6.07) is 0. The third kappa shape index (κ3) is 3.07. The molecule has 168 valence electrons. The SMILES string of the molecule is CC[C@]1(O)CC[C@H]2[C@@H]3CC(C=[N+]([O-])CCO)=C4C=C(OC)CC[C@]4(C)[C@H]3CC[C@@]21C. The number of hydrogen-bond donors (Lipinski definition) is 2. The molecule has 4 aliphatic carbocycles. The molecule has 2 N–H and O–H groups in total. The number of ether oxygens (including phenoxy) is 1. The van der Waals surface area contributed by atoms with Crippen LogP contribution in [0.5, 0.6) is 0 Å². The van der Waals surface area contributed by atoms with Gasteiger partial charge in [0.2, 0.25) is 0 Å². The second-order valence-electron chi connectivity index (χ2n) is 10.6. The zero-order chi connectivity index (χ0) is 21.7. The second kappa shape index (κ2) is 7.67. The summed E-state index contributed by atoms with van der Waals surface area (Å²) in [5, 5.41) is 33.1. The van der Waals surface area contributed by atoms with Crippen molar-refractivity contribution < 1.29 is 19.7 Å². The van der Waals surface area contributed by atoms with Crippen molar-refractivity contribution >= 4 is 6.21 Å². The van der Waals surface area contributed by atoms with Crippen molar-refractivity contribution in [3.63, 3.8) is 0 Å². The van der Waals surface area contributed by atoms with E-state index in [1.807, 2.05) is 0 Å². The van der Waals surface area contributed by atoms with Crippen LogP contribution in [0, 0.1) is 33.8 Å². The summed E-state index contributed by atoms with van der Waals surface area (Å²) in [6.45, 7) is 6.79. The molecule has 4 aliphatic rings. The van der Waals surface area contributed by atoms with Gasteiger partial charge in [-0.15, -0.1) is 0 Å². The fourth-order valence-corrected chi connectivity index (χ4v) is 7.80. The molecule has 5 heteroatoms. The lowest BCUT2D eigenvalue weighted by Crippen LogP contribution is -2.54. The Balaban J connectivity index is 1.80. The highest BCUT2D eigenvalue weighted by molar-refractivity contribution is 5.78. The van der Waals surface area contributed by atoms with Crippen molar-refractivity contribution in [1.29, 1.82) is 0 Å². The summed E-state index contributed by atoms with van der Waals surface area (Å²) >= 11 is 0. The number of methoxy groups -OCH3 is 1. The molecule has 2 fully saturated rings. The fraction of sp³-hybridized carbons (Fsp3) is 0.800. The van der Waals surface area contributed by atoms with E-state index in [0.717, 1.165) is 67.4 Å². The van der Waals surface area contributed by atoms with Gasteiger partial charge in [0.05, 0.1) is 18.5 Å². The van der Waals surface area contributed by atoms with Gasteiger partial charge in [0.1, 0.15) is 6.61 Å². The minimum Gasteiger partial charge on any atom is -0.624 e. The summed E-state index contributed by atoms with van der Waals surface area (Å²) in [5.74, 6) is 2.56. The van der Waals surface area contributed by atoms with Crippen LogP contribution in [0.25, 0.3) is 0 Å². The molecular weight excluding hydrogens is 378 g/mol. The van der Waals surface area contributed by atoms with Gasteiger partial charge >= 0.3 is 0 Å². The summed E-state index contributed by atoms with van der Waals surface area (Å²) in [4.78, 5) is 0. The van der Waals surface area contributed by atoms with E-state index < -0.39 is 5.60 Å². The van der Waals surface area contributed by atoms with Crippen molar-refractivity contribution in [3.8, 4) is 0 Å². The lowest BCUT2D eigenvalue weighted by Gasteiger charge is -2.58. The molecule has 0 spiro atoms. The van der Waals surface area contributed by atoms with Crippen LogP contribution in [0.2, 0.25) is 0 Å². The van der Waals surface area contributed by atoms with Crippen molar-refractivity contribution in [1.82, 2.24) is 0 Å². The van der Waals surface area contributed by atoms with Crippen LogP contribution in [0.1, 0.15) is 72.1 Å². The van der Waals surface area contributed by atoms with E-state index in [1.54, 1.807) is 13.3 Å². The van der Waals surface area contributed by atoms with E-state index in [1.165, 1.54) is 5.57 Å². The maximum absolute atomic E-state index is 12.4. The van der Waals surface area contributed by atoms with E-state index in [9.17, 15) is 15.4 Å². The first-order valence-corrected chi connectivity index (χ1v) is 11.8. The van der Waals surface area contributed by atoms with Crippen LogP contribution < -0.4 is 0 Å². The quantitative estimate of drug-likeness (QED) is 0.305. The number of rotatable bonds is 5. The maximum Gasteiger partial charge on any atom is 0.178 e. The molecule has 0 heterocycles. The Morgan fingerprint density at radius 2 is 1.97 bits per heavy atom. The summed E-state index contributed by atoms with van der Waals surface area (Å²) in [6.07, 6.45) is 11.8. The van der Waals surface area contributed by atoms with Gasteiger partial charge in [-0.05, 0) is 85.2 Å². The predicted molar refractivity (Wildman–Crippen MR) is 118 cm³/mol. The molecule has 6 atom stereocenters. The first-order chi connectivity index (χ1) is 14.2. The molecular formula is C25H39NO4. The first-order valence-electron chi connectivity index (χ1n) is 11.8. The van der Waals surface area contributed by atoms with Crippen LogP contribution in [-0.2, 0) is 4.74 Å². The van der Waals surface area contributed by atoms with Crippen LogP contribution in [0.15, 0.2) is 23.0 Å². The van der Waals surface area contributed by atoms with Gasteiger partial charge in [-0.1, -0.05) is 20.8 Å². The minimum atomic E-state index is -0.561. The van der Waals surface area contributed by atoms with E-state index in [-0.39, 0.29) is 24.0 Å². The molecule has 0 aromatic rings. The highest BCUT2D eigenvalue weighted by Crippen LogP contribution is 2.68. The van der Waals surface area contributed by atoms with Gasteiger partial charge in [0.15, 0.2) is 12.8 Å². The second-order valence-corrected chi connectivity index (χ2v) is 10.6. The number of aliphatic hydroxyl groups excluding tert-OH is 1. The van der Waals surface area contributed by atoms with Crippen molar-refractivity contribution in [2.75, 3.05) is 20.3 Å². The standard InChI is InChI=1S/C25H39NO4/c1-5-25(28)11-8-21-19-14-17(16-26(29)12-13-27)22-15-18(30-4)6-9-23(22,2)20(19)7-10-24(21,25)3/h15-16,19-21,27-28H,5-14H2,1-4H3/t19-,20+,21+,23-,24+,25+/m1/s1. The van der Waals surface area contributed by atoms with Gasteiger partial charge < -0.3 is 20.2 Å². The van der Waals surface area contributed by atoms with Gasteiger partial charge in [-0.2, -0.15) is 0 Å². The van der Waals surface area contributed by atoms with Crippen molar-refractivity contribution in [2.24, 2.45) is 28.6 Å². The normalized spacial score (nSPS) is 43.6. The largest absolute Gasteiger partial charge is 0.624 e. The highest BCUT2D eigenvalue weighted by Gasteiger charge is 2.63. The number of fused-ring (bicyclic) bond motifs is 5. The topological polar surface area (TPSA) is 75.8 Å². The monoisotopic (exact) mass is 417 g/mol. The molecule has 0 radical (unpaired) electrons. The maximum atomic E-state index is 12.4. The lowest BCUT2D eigenvalue weighted by atomic mass is 9.46. The minimum absolute atomic E-state index is 0.0328. The zero-order valence-corrected chi connectivity index (χ0v) is 19.1. The number of nitrogens with zero attached hydrogens (tertiary/aromatic N) is 1. The van der Waals surface area contributed by atoms with Crippen LogP contribution in [-0.4, -0.2) is 47.0 Å². The molecule has 0 unspecified atom stereocenters. The van der Waals surface area contributed by atoms with E-state index in [0.29, 0.717) is 17.8 Å². The first kappa shape index (κ1) is 21.9. The molecule has 2 saturated carbocycles. The van der Waals surface area contributed by atoms with Gasteiger partial charge in [-0.3, -0.25) is 0 Å². The van der Waals surface area contributed by atoms with E-state index >= 15 is 0 Å². The zero-order valence-electron chi connectivity index (χ0n) is 19.1. The van der Waals surface area contributed by atoms with Crippen molar-refractivity contribution in [3.05, 3.63) is 28.2 Å². The smallest absolute Gasteiger partial charge is 0.178 e. The molecule has 0 bridgehead atoms. The molecule has 4 rings (SSSR count). The van der Waals surface area contributed by atoms with Gasteiger partial charge in [0.25, 0.3) is 0 Å². The Labute approximate surface area is 181 Å². The summed E-state index contributed by atoms with van der Waals surface area (Å²) in [5.41, 5.74) is 1.80. The van der Waals surface area contributed by atoms with Crippen LogP contribution in [0.4, 0.5) is 0 Å². The summed E-state index contributed by atoms with van der Waals surface area (Å²) in [7, 11) is 1.73. The van der Waals surface area contributed by atoms with E-state index in [2.05, 4.69) is 26.8 Å². The van der Waals surface area contributed by atoms with Crippen molar-refractivity contribution in [2.45, 2.75) is 77.7 Å². The predicted octanol–water partition coefficient (Wildman–Crippen LogP) is 4.17. The average Bonchev–Trinajstić information content (AvgIpc) is 2.99. The number of aliphatic hydroxyl groups is 2. The third-order valence-corrected chi connectivity index (χ3v) is 9.66. The Morgan fingerprint density at radius 3 is 2.63 bits per heavy atom. The molecule has 0 amide bonds. The van der Waals surface area contributed by atoms with Crippen LogP contribution in [0.3, 0.4) is 0 Å². The third-order valence-electron chi connectivity index (χ3n) is 9.66. The van der Waals surface area contributed by atoms with Gasteiger partial charge in [0, 0.05) is 12.0 Å². The fourth-order valence-electron chi connectivity index (χ4n) is 7.80. The molecule has 0 aromatic heterocycles. The summed E-state index contributed by atoms with van der Waals surface area (Å²) < 4.78 is 6.48. The van der Waals surface area contributed by atoms with E-state index in [4.69, 9.17) is 4.74 Å². The number of hydrogen-bond acceptors (Lipinski definition) is 4. The average molecular weight is 418 g/mol. The molecule has 0 saturated heterocycles. The van der Waals surface area contributed by atoms with Gasteiger partial charge in [-0.25, -0.2) is 4.74 Å². The van der Waals surface area contributed by atoms with Crippen LogP contribution >= 0.6 is 0 Å². The Bertz CT molecular complexity index is 786. The molecule has 30 heavy (non-hydrogen) atoms. The molecule has 0 aromatic carbocycles. The molecule has 5 nitrogen and oxygen atoms in total. The highest BCUT2D eigenvalue weighted by atomic mass is 16.5. The Morgan fingerprint density at radius 1 is 1.23 bits per heavy atom. The Kier molecular flexibility index (Phi) is 5.59. The number of allylic oxidation sites excluding steroid dienone is 4. The molecule has 0 aliphatic heterocycles. The Hall–Kier alpha value is -1.33. The number of hydroxylamine groups is 1.